The monoisotopic (exact) mass is 313 g/mol. The summed E-state index contributed by atoms with van der Waals surface area (Å²) in [6, 6.07) is 10.7. The van der Waals surface area contributed by atoms with Gasteiger partial charge in [0.15, 0.2) is 0 Å². The third-order valence-corrected chi connectivity index (χ3v) is 4.61. The molecular weight excluding hydrogens is 297 g/mol. The maximum absolute atomic E-state index is 6.29. The van der Waals surface area contributed by atoms with Crippen LogP contribution in [0.1, 0.15) is 36.6 Å². The molecule has 0 saturated heterocycles. The van der Waals surface area contributed by atoms with E-state index in [9.17, 15) is 0 Å². The highest BCUT2D eigenvalue weighted by molar-refractivity contribution is 7.20. The lowest BCUT2D eigenvalue weighted by Crippen LogP contribution is -2.21. The second kappa shape index (κ2) is 6.76. The maximum Gasteiger partial charge on any atom is 0.0995 e. The molecular formula is C15H17Cl2NS. The van der Waals surface area contributed by atoms with Crippen LogP contribution in [0.25, 0.3) is 0 Å². The Balaban J connectivity index is 2.41. The van der Waals surface area contributed by atoms with Crippen LogP contribution >= 0.6 is 34.5 Å². The molecule has 4 heteroatoms. The molecule has 1 heterocycles. The van der Waals surface area contributed by atoms with E-state index >= 15 is 0 Å². The largest absolute Gasteiger partial charge is 0.306 e. The first-order chi connectivity index (χ1) is 9.15. The fourth-order valence-electron chi connectivity index (χ4n) is 2.15. The summed E-state index contributed by atoms with van der Waals surface area (Å²) in [7, 11) is 0. The van der Waals surface area contributed by atoms with E-state index < -0.39 is 0 Å². The Labute approximate surface area is 128 Å². The molecule has 2 rings (SSSR count). The van der Waals surface area contributed by atoms with Crippen molar-refractivity contribution >= 4 is 34.5 Å². The molecule has 2 aromatic rings. The first kappa shape index (κ1) is 14.9. The van der Waals surface area contributed by atoms with E-state index in [-0.39, 0.29) is 6.04 Å². The van der Waals surface area contributed by atoms with Crippen molar-refractivity contribution in [2.45, 2.75) is 26.3 Å². The summed E-state index contributed by atoms with van der Waals surface area (Å²) in [4.78, 5) is 0. The Morgan fingerprint density at radius 3 is 2.58 bits per heavy atom. The van der Waals surface area contributed by atoms with E-state index in [1.54, 1.807) is 0 Å². The van der Waals surface area contributed by atoms with Crippen molar-refractivity contribution in [3.8, 4) is 0 Å². The molecule has 102 valence electrons. The van der Waals surface area contributed by atoms with Crippen LogP contribution in [0.2, 0.25) is 8.67 Å². The van der Waals surface area contributed by atoms with Gasteiger partial charge in [0, 0.05) is 5.56 Å². The van der Waals surface area contributed by atoms with Crippen LogP contribution in [0.5, 0.6) is 0 Å². The van der Waals surface area contributed by atoms with Crippen molar-refractivity contribution in [1.82, 2.24) is 5.32 Å². The summed E-state index contributed by atoms with van der Waals surface area (Å²) < 4.78 is 1.49. The fourth-order valence-corrected chi connectivity index (χ4v) is 3.69. The van der Waals surface area contributed by atoms with Crippen LogP contribution in [0.3, 0.4) is 0 Å². The number of hydrogen-bond donors (Lipinski definition) is 1. The second-order valence-corrected chi connectivity index (χ2v) is 6.65. The first-order valence-electron chi connectivity index (χ1n) is 6.42. The Hall–Kier alpha value is -0.540. The summed E-state index contributed by atoms with van der Waals surface area (Å²) in [5.74, 6) is 0. The minimum atomic E-state index is 0.104. The molecule has 0 aliphatic carbocycles. The van der Waals surface area contributed by atoms with Gasteiger partial charge in [0.25, 0.3) is 0 Å². The van der Waals surface area contributed by atoms with Crippen molar-refractivity contribution in [3.05, 3.63) is 55.7 Å². The molecule has 1 aromatic heterocycles. The lowest BCUT2D eigenvalue weighted by atomic mass is 9.98. The molecule has 0 spiro atoms. The zero-order chi connectivity index (χ0) is 13.8. The molecule has 1 aromatic carbocycles. The third-order valence-electron chi connectivity index (χ3n) is 3.09. The topological polar surface area (TPSA) is 12.0 Å². The minimum Gasteiger partial charge on any atom is -0.306 e. The number of benzene rings is 1. The van der Waals surface area contributed by atoms with Crippen LogP contribution in [0, 0.1) is 0 Å². The molecule has 19 heavy (non-hydrogen) atoms. The van der Waals surface area contributed by atoms with Crippen molar-refractivity contribution in [2.24, 2.45) is 0 Å². The fraction of sp³-hybridized carbons (Fsp3) is 0.333. The van der Waals surface area contributed by atoms with Gasteiger partial charge < -0.3 is 5.32 Å². The van der Waals surface area contributed by atoms with E-state index in [1.807, 2.05) is 6.07 Å². The minimum absolute atomic E-state index is 0.104. The molecule has 0 aliphatic rings. The number of rotatable bonds is 5. The van der Waals surface area contributed by atoms with Gasteiger partial charge in [0.1, 0.15) is 0 Å². The van der Waals surface area contributed by atoms with Gasteiger partial charge in [0.05, 0.1) is 14.7 Å². The number of thiophene rings is 1. The smallest absolute Gasteiger partial charge is 0.0995 e. The van der Waals surface area contributed by atoms with Crippen LogP contribution in [0.15, 0.2) is 30.3 Å². The van der Waals surface area contributed by atoms with E-state index in [4.69, 9.17) is 23.2 Å². The summed E-state index contributed by atoms with van der Waals surface area (Å²) >= 11 is 13.8. The summed E-state index contributed by atoms with van der Waals surface area (Å²) in [5.41, 5.74) is 3.63. The van der Waals surface area contributed by atoms with Gasteiger partial charge in [-0.2, -0.15) is 0 Å². The van der Waals surface area contributed by atoms with Gasteiger partial charge in [-0.15, -0.1) is 11.3 Å². The highest BCUT2D eigenvalue weighted by Crippen LogP contribution is 2.37. The standard InChI is InChI=1S/C15H17Cl2NS/c1-3-10-6-5-7-11(8-10)14(18-4-2)12-9-13(16)19-15(12)17/h5-9,14,18H,3-4H2,1-2H3. The molecule has 1 N–H and O–H groups in total. The Kier molecular flexibility index (Phi) is 5.28. The van der Waals surface area contributed by atoms with Crippen LogP contribution in [0.4, 0.5) is 0 Å². The summed E-state index contributed by atoms with van der Waals surface area (Å²) in [6.45, 7) is 5.14. The van der Waals surface area contributed by atoms with E-state index in [0.717, 1.165) is 27.2 Å². The zero-order valence-corrected chi connectivity index (χ0v) is 13.4. The van der Waals surface area contributed by atoms with Gasteiger partial charge in [-0.05, 0) is 30.2 Å². The van der Waals surface area contributed by atoms with Crippen molar-refractivity contribution in [2.75, 3.05) is 6.54 Å². The Morgan fingerprint density at radius 2 is 2.00 bits per heavy atom. The highest BCUT2D eigenvalue weighted by Gasteiger charge is 2.18. The molecule has 1 atom stereocenters. The van der Waals surface area contributed by atoms with Crippen LogP contribution in [-0.2, 0) is 6.42 Å². The van der Waals surface area contributed by atoms with E-state index in [0.29, 0.717) is 0 Å². The summed E-state index contributed by atoms with van der Waals surface area (Å²) in [6.07, 6.45) is 1.03. The molecule has 0 amide bonds. The predicted octanol–water partition coefficient (Wildman–Crippen LogP) is 5.32. The van der Waals surface area contributed by atoms with Gasteiger partial charge in [-0.1, -0.05) is 61.3 Å². The number of nitrogens with one attached hydrogen (secondary N) is 1. The maximum atomic E-state index is 6.29. The SMILES string of the molecule is CCNC(c1cccc(CC)c1)c1cc(Cl)sc1Cl. The van der Waals surface area contributed by atoms with Crippen molar-refractivity contribution in [3.63, 3.8) is 0 Å². The third kappa shape index (κ3) is 3.51. The number of hydrogen-bond acceptors (Lipinski definition) is 2. The van der Waals surface area contributed by atoms with Crippen molar-refractivity contribution < 1.29 is 0 Å². The van der Waals surface area contributed by atoms with E-state index in [1.165, 1.54) is 22.5 Å². The van der Waals surface area contributed by atoms with Crippen LogP contribution in [-0.4, -0.2) is 6.54 Å². The predicted molar refractivity (Wildman–Crippen MR) is 85.7 cm³/mol. The van der Waals surface area contributed by atoms with Crippen molar-refractivity contribution in [1.29, 1.82) is 0 Å². The average molecular weight is 314 g/mol. The first-order valence-corrected chi connectivity index (χ1v) is 7.99. The quantitative estimate of drug-likeness (QED) is 0.788. The van der Waals surface area contributed by atoms with Gasteiger partial charge in [-0.25, -0.2) is 0 Å². The zero-order valence-electron chi connectivity index (χ0n) is 11.0. The lowest BCUT2D eigenvalue weighted by molar-refractivity contribution is 0.632. The van der Waals surface area contributed by atoms with Gasteiger partial charge >= 0.3 is 0 Å². The van der Waals surface area contributed by atoms with E-state index in [2.05, 4.69) is 43.4 Å². The van der Waals surface area contributed by atoms with Gasteiger partial charge in [-0.3, -0.25) is 0 Å². The molecule has 0 saturated carbocycles. The molecule has 0 bridgehead atoms. The Morgan fingerprint density at radius 1 is 1.21 bits per heavy atom. The number of halogens is 2. The Bertz CT molecular complexity index is 551. The second-order valence-electron chi connectivity index (χ2n) is 4.37. The van der Waals surface area contributed by atoms with Gasteiger partial charge in [0.2, 0.25) is 0 Å². The molecule has 0 aliphatic heterocycles. The normalized spacial score (nSPS) is 12.6. The molecule has 1 unspecified atom stereocenters. The highest BCUT2D eigenvalue weighted by atomic mass is 35.5. The molecule has 1 nitrogen and oxygen atoms in total. The molecule has 0 fully saturated rings. The number of aryl methyl sites for hydroxylation is 1. The van der Waals surface area contributed by atoms with Crippen LogP contribution < -0.4 is 5.32 Å². The summed E-state index contributed by atoms with van der Waals surface area (Å²) in [5, 5.41) is 3.48. The average Bonchev–Trinajstić information content (AvgIpc) is 2.75. The molecule has 0 radical (unpaired) electrons. The lowest BCUT2D eigenvalue weighted by Gasteiger charge is -2.18.